The van der Waals surface area contributed by atoms with Gasteiger partial charge in [-0.25, -0.2) is 4.98 Å². The van der Waals surface area contributed by atoms with Crippen LogP contribution in [0, 0.1) is 0 Å². The van der Waals surface area contributed by atoms with Crippen LogP contribution in [0.3, 0.4) is 0 Å². The summed E-state index contributed by atoms with van der Waals surface area (Å²) in [5.74, 6) is 0.710. The second kappa shape index (κ2) is 7.16. The number of carbonyl (C=O) groups is 1. The fraction of sp³-hybridized carbons (Fsp3) is 0.400. The first-order chi connectivity index (χ1) is 12.1. The van der Waals surface area contributed by atoms with Gasteiger partial charge >= 0.3 is 12.0 Å². The summed E-state index contributed by atoms with van der Waals surface area (Å²) in [7, 11) is 4.45. The molecule has 1 aliphatic rings. The number of piperazine rings is 1. The molecule has 0 radical (unpaired) electrons. The summed E-state index contributed by atoms with van der Waals surface area (Å²) >= 11 is 0. The number of ether oxygens (including phenoxy) is 3. The maximum Gasteiger partial charge on any atom is 0.324 e. The van der Waals surface area contributed by atoms with Crippen molar-refractivity contribution in [2.24, 2.45) is 0 Å². The summed E-state index contributed by atoms with van der Waals surface area (Å²) in [4.78, 5) is 32.4. The molecule has 10 nitrogen and oxygen atoms in total. The minimum atomic E-state index is -0.0853. The lowest BCUT2D eigenvalue weighted by atomic mass is 10.2. The number of aromatic nitrogens is 4. The van der Waals surface area contributed by atoms with Gasteiger partial charge in [-0.15, -0.1) is 4.98 Å². The normalized spacial score (nSPS) is 14.4. The van der Waals surface area contributed by atoms with Crippen molar-refractivity contribution in [3.05, 3.63) is 18.3 Å². The van der Waals surface area contributed by atoms with Crippen molar-refractivity contribution in [1.29, 1.82) is 0 Å². The van der Waals surface area contributed by atoms with Crippen molar-refractivity contribution in [2.75, 3.05) is 50.8 Å². The van der Waals surface area contributed by atoms with Crippen LogP contribution in [0.1, 0.15) is 0 Å². The molecule has 0 atom stereocenters. The number of hydrogen-bond donors (Lipinski definition) is 0. The molecule has 0 N–H and O–H groups in total. The molecular formula is C15H18N6O4. The lowest BCUT2D eigenvalue weighted by molar-refractivity contribution is -0.117. The lowest BCUT2D eigenvalue weighted by Crippen LogP contribution is -2.51. The molecule has 0 bridgehead atoms. The molecule has 2 aromatic heterocycles. The van der Waals surface area contributed by atoms with E-state index < -0.39 is 0 Å². The topological polar surface area (TPSA) is 103 Å². The first-order valence-corrected chi connectivity index (χ1v) is 7.54. The van der Waals surface area contributed by atoms with E-state index in [4.69, 9.17) is 14.2 Å². The van der Waals surface area contributed by atoms with Crippen molar-refractivity contribution in [3.8, 4) is 17.9 Å². The number of methoxy groups -OCH3 is 3. The van der Waals surface area contributed by atoms with Crippen molar-refractivity contribution in [1.82, 2.24) is 19.9 Å². The first-order valence-electron chi connectivity index (χ1n) is 7.54. The van der Waals surface area contributed by atoms with Gasteiger partial charge in [-0.3, -0.25) is 4.79 Å². The Kier molecular flexibility index (Phi) is 4.78. The second-order valence-electron chi connectivity index (χ2n) is 5.13. The third kappa shape index (κ3) is 3.52. The Morgan fingerprint density at radius 3 is 2.32 bits per heavy atom. The highest BCUT2D eigenvalue weighted by molar-refractivity contribution is 5.97. The Morgan fingerprint density at radius 1 is 1.00 bits per heavy atom. The number of pyridine rings is 1. The van der Waals surface area contributed by atoms with Crippen LogP contribution in [0.2, 0.25) is 0 Å². The summed E-state index contributed by atoms with van der Waals surface area (Å²) < 4.78 is 15.2. The van der Waals surface area contributed by atoms with Crippen molar-refractivity contribution < 1.29 is 19.0 Å². The van der Waals surface area contributed by atoms with Gasteiger partial charge in [0.25, 0.3) is 0 Å². The van der Waals surface area contributed by atoms with E-state index in [0.29, 0.717) is 24.9 Å². The number of rotatable bonds is 5. The third-order valence-corrected chi connectivity index (χ3v) is 3.69. The SMILES string of the molecule is COc1cc(N2CCN(c3nc(OC)nc(OC)n3)CC2=O)ccn1. The molecule has 0 saturated carbocycles. The van der Waals surface area contributed by atoms with Gasteiger partial charge in [0.15, 0.2) is 0 Å². The van der Waals surface area contributed by atoms with Gasteiger partial charge in [0, 0.05) is 25.4 Å². The van der Waals surface area contributed by atoms with Crippen molar-refractivity contribution >= 4 is 17.5 Å². The Labute approximate surface area is 144 Å². The molecule has 25 heavy (non-hydrogen) atoms. The van der Waals surface area contributed by atoms with Crippen LogP contribution in [-0.4, -0.2) is 66.8 Å². The van der Waals surface area contributed by atoms with Crippen LogP contribution in [0.15, 0.2) is 18.3 Å². The second-order valence-corrected chi connectivity index (χ2v) is 5.13. The van der Waals surface area contributed by atoms with E-state index in [0.717, 1.165) is 5.69 Å². The molecule has 3 heterocycles. The Bertz CT molecular complexity index is 749. The van der Waals surface area contributed by atoms with Gasteiger partial charge in [-0.05, 0) is 6.07 Å². The summed E-state index contributed by atoms with van der Waals surface area (Å²) in [5, 5.41) is 0. The molecule has 10 heteroatoms. The van der Waals surface area contributed by atoms with Crippen LogP contribution >= 0.6 is 0 Å². The minimum Gasteiger partial charge on any atom is -0.481 e. The fourth-order valence-corrected chi connectivity index (χ4v) is 2.45. The predicted octanol–water partition coefficient (Wildman–Crippen LogP) is 0.146. The maximum absolute atomic E-state index is 12.6. The molecular weight excluding hydrogens is 328 g/mol. The highest BCUT2D eigenvalue weighted by atomic mass is 16.5. The molecule has 1 amide bonds. The Balaban J connectivity index is 1.78. The fourth-order valence-electron chi connectivity index (χ4n) is 2.45. The van der Waals surface area contributed by atoms with E-state index in [1.807, 2.05) is 0 Å². The highest BCUT2D eigenvalue weighted by Crippen LogP contribution is 2.23. The third-order valence-electron chi connectivity index (χ3n) is 3.69. The number of hydrogen-bond acceptors (Lipinski definition) is 9. The van der Waals surface area contributed by atoms with E-state index in [1.165, 1.54) is 21.3 Å². The van der Waals surface area contributed by atoms with E-state index in [-0.39, 0.29) is 24.5 Å². The summed E-state index contributed by atoms with van der Waals surface area (Å²) in [6.07, 6.45) is 1.61. The minimum absolute atomic E-state index is 0.0853. The summed E-state index contributed by atoms with van der Waals surface area (Å²) in [6, 6.07) is 3.76. The molecule has 0 unspecified atom stereocenters. The van der Waals surface area contributed by atoms with Crippen molar-refractivity contribution in [3.63, 3.8) is 0 Å². The van der Waals surface area contributed by atoms with Gasteiger partial charge in [-0.2, -0.15) is 9.97 Å². The van der Waals surface area contributed by atoms with E-state index in [9.17, 15) is 4.79 Å². The van der Waals surface area contributed by atoms with Crippen LogP contribution in [0.25, 0.3) is 0 Å². The molecule has 0 spiro atoms. The average Bonchev–Trinajstić information content (AvgIpc) is 2.67. The van der Waals surface area contributed by atoms with Gasteiger partial charge in [0.05, 0.1) is 27.0 Å². The average molecular weight is 346 g/mol. The van der Waals surface area contributed by atoms with Crippen LogP contribution in [0.5, 0.6) is 17.9 Å². The Hall–Kier alpha value is -3.17. The number of amides is 1. The van der Waals surface area contributed by atoms with Gasteiger partial charge in [-0.1, -0.05) is 0 Å². The maximum atomic E-state index is 12.6. The molecule has 0 aliphatic carbocycles. The van der Waals surface area contributed by atoms with Gasteiger partial charge in [0.1, 0.15) is 6.54 Å². The lowest BCUT2D eigenvalue weighted by Gasteiger charge is -2.34. The number of carbonyl (C=O) groups excluding carboxylic acids is 1. The zero-order valence-electron chi connectivity index (χ0n) is 14.2. The number of nitrogens with zero attached hydrogens (tertiary/aromatic N) is 6. The van der Waals surface area contributed by atoms with Gasteiger partial charge < -0.3 is 24.0 Å². The summed E-state index contributed by atoms with van der Waals surface area (Å²) in [5.41, 5.74) is 0.738. The Morgan fingerprint density at radius 2 is 1.72 bits per heavy atom. The molecule has 1 fully saturated rings. The quantitative estimate of drug-likeness (QED) is 0.748. The molecule has 2 aromatic rings. The largest absolute Gasteiger partial charge is 0.481 e. The standard InChI is InChI=1S/C15H18N6O4/c1-23-11-8-10(4-5-16-11)21-7-6-20(9-12(21)22)13-17-14(24-2)19-15(18-13)25-3/h4-5,8H,6-7,9H2,1-3H3. The van der Waals surface area contributed by atoms with Crippen LogP contribution in [0.4, 0.5) is 11.6 Å². The predicted molar refractivity (Wildman–Crippen MR) is 88.3 cm³/mol. The van der Waals surface area contributed by atoms with E-state index in [2.05, 4.69) is 19.9 Å². The van der Waals surface area contributed by atoms with Crippen molar-refractivity contribution in [2.45, 2.75) is 0 Å². The van der Waals surface area contributed by atoms with E-state index >= 15 is 0 Å². The van der Waals surface area contributed by atoms with Crippen LogP contribution < -0.4 is 24.0 Å². The highest BCUT2D eigenvalue weighted by Gasteiger charge is 2.28. The molecule has 132 valence electrons. The molecule has 1 saturated heterocycles. The molecule has 3 rings (SSSR count). The zero-order valence-corrected chi connectivity index (χ0v) is 14.2. The van der Waals surface area contributed by atoms with Crippen LogP contribution in [-0.2, 0) is 4.79 Å². The summed E-state index contributed by atoms with van der Waals surface area (Å²) in [6.45, 7) is 1.15. The zero-order chi connectivity index (χ0) is 17.8. The smallest absolute Gasteiger partial charge is 0.324 e. The number of anilines is 2. The molecule has 0 aromatic carbocycles. The van der Waals surface area contributed by atoms with Gasteiger partial charge in [0.2, 0.25) is 17.7 Å². The molecule has 1 aliphatic heterocycles. The first kappa shape index (κ1) is 16.7. The monoisotopic (exact) mass is 346 g/mol. The van der Waals surface area contributed by atoms with E-state index in [1.54, 1.807) is 28.1 Å².